The van der Waals surface area contributed by atoms with E-state index in [2.05, 4.69) is 5.32 Å². The molecule has 0 bridgehead atoms. The van der Waals surface area contributed by atoms with Crippen molar-refractivity contribution in [3.8, 4) is 5.75 Å². The van der Waals surface area contributed by atoms with Gasteiger partial charge in [-0.05, 0) is 61.9 Å². The minimum absolute atomic E-state index is 0.281. The lowest BCUT2D eigenvalue weighted by Gasteiger charge is -2.17. The molecule has 1 aliphatic carbocycles. The molecule has 2 aromatic rings. The number of anilines is 1. The number of methoxy groups -OCH3 is 1. The summed E-state index contributed by atoms with van der Waals surface area (Å²) in [6.45, 7) is 1.88. The van der Waals surface area contributed by atoms with Crippen molar-refractivity contribution in [2.45, 2.75) is 45.1 Å². The fourth-order valence-electron chi connectivity index (χ4n) is 3.16. The predicted molar refractivity (Wildman–Crippen MR) is 107 cm³/mol. The number of amides is 1. The van der Waals surface area contributed by atoms with Gasteiger partial charge in [0.25, 0.3) is 5.91 Å². The van der Waals surface area contributed by atoms with Gasteiger partial charge in [-0.3, -0.25) is 4.79 Å². The van der Waals surface area contributed by atoms with E-state index in [1.54, 1.807) is 24.3 Å². The van der Waals surface area contributed by atoms with Crippen LogP contribution in [0.25, 0.3) is 0 Å². The molecular weight excluding hydrogens is 386 g/mol. The number of rotatable bonds is 6. The molecule has 0 saturated carbocycles. The van der Waals surface area contributed by atoms with E-state index in [0.717, 1.165) is 36.1 Å². The Morgan fingerprint density at radius 1 is 1.22 bits per heavy atom. The van der Waals surface area contributed by atoms with Gasteiger partial charge in [0.2, 0.25) is 0 Å². The Balaban J connectivity index is 1.80. The number of fused-ring (bicyclic) bond motifs is 1. The first kappa shape index (κ1) is 19.7. The lowest BCUT2D eigenvalue weighted by atomic mass is 9.95. The number of esters is 1. The third kappa shape index (κ3) is 4.45. The number of carbonyl (C=O) groups excluding carboxylic acids is 2. The summed E-state index contributed by atoms with van der Waals surface area (Å²) in [4.78, 5) is 26.2. The molecule has 0 spiro atoms. The van der Waals surface area contributed by atoms with Gasteiger partial charge in [-0.2, -0.15) is 0 Å². The Morgan fingerprint density at radius 3 is 2.59 bits per heavy atom. The monoisotopic (exact) mass is 407 g/mol. The van der Waals surface area contributed by atoms with Gasteiger partial charge >= 0.3 is 5.97 Å². The summed E-state index contributed by atoms with van der Waals surface area (Å²) >= 11 is 7.35. The second-order valence-electron chi connectivity index (χ2n) is 6.36. The Morgan fingerprint density at radius 2 is 1.93 bits per heavy atom. The molecule has 1 heterocycles. The minimum Gasteiger partial charge on any atom is -0.481 e. The molecule has 0 fully saturated rings. The van der Waals surface area contributed by atoms with Crippen molar-refractivity contribution in [3.63, 3.8) is 0 Å². The van der Waals surface area contributed by atoms with Gasteiger partial charge in [0, 0.05) is 9.90 Å². The maximum atomic E-state index is 12.8. The molecule has 1 aromatic heterocycles. The van der Waals surface area contributed by atoms with Gasteiger partial charge < -0.3 is 14.8 Å². The summed E-state index contributed by atoms with van der Waals surface area (Å²) in [5.41, 5.74) is 1.51. The second-order valence-corrected chi connectivity index (χ2v) is 7.91. The summed E-state index contributed by atoms with van der Waals surface area (Å²) in [5, 5.41) is 4.05. The molecule has 1 atom stereocenters. The number of thiophene rings is 1. The van der Waals surface area contributed by atoms with Gasteiger partial charge in [0.05, 0.1) is 12.7 Å². The zero-order chi connectivity index (χ0) is 19.4. The largest absolute Gasteiger partial charge is 0.481 e. The van der Waals surface area contributed by atoms with Crippen LogP contribution in [0.3, 0.4) is 0 Å². The molecule has 1 aromatic carbocycles. The number of nitrogens with one attached hydrogen (secondary N) is 1. The van der Waals surface area contributed by atoms with E-state index in [0.29, 0.717) is 27.8 Å². The van der Waals surface area contributed by atoms with Crippen LogP contribution in [0.5, 0.6) is 5.75 Å². The first-order valence-electron chi connectivity index (χ1n) is 8.99. The highest BCUT2D eigenvalue weighted by atomic mass is 35.5. The van der Waals surface area contributed by atoms with Crippen LogP contribution in [0.2, 0.25) is 5.02 Å². The van der Waals surface area contributed by atoms with Crippen molar-refractivity contribution in [2.24, 2.45) is 0 Å². The predicted octanol–water partition coefficient (Wildman–Crippen LogP) is 4.86. The lowest BCUT2D eigenvalue weighted by molar-refractivity contribution is -0.122. The molecule has 1 amide bonds. The van der Waals surface area contributed by atoms with Crippen molar-refractivity contribution in [1.82, 2.24) is 0 Å². The molecule has 0 saturated heterocycles. The Bertz CT molecular complexity index is 831. The van der Waals surface area contributed by atoms with Crippen LogP contribution < -0.4 is 10.1 Å². The van der Waals surface area contributed by atoms with Crippen molar-refractivity contribution < 1.29 is 19.1 Å². The van der Waals surface area contributed by atoms with Crippen LogP contribution >= 0.6 is 22.9 Å². The molecule has 5 nitrogen and oxygen atoms in total. The topological polar surface area (TPSA) is 64.6 Å². The fourth-order valence-corrected chi connectivity index (χ4v) is 4.57. The average Bonchev–Trinajstić information content (AvgIpc) is 3.04. The smallest absolute Gasteiger partial charge is 0.341 e. The van der Waals surface area contributed by atoms with Crippen molar-refractivity contribution in [1.29, 1.82) is 0 Å². The molecule has 7 heteroatoms. The minimum atomic E-state index is -0.671. The summed E-state index contributed by atoms with van der Waals surface area (Å²) in [6, 6.07) is 6.87. The Hall–Kier alpha value is -2.05. The normalized spacial score (nSPS) is 14.2. The third-order valence-corrected chi connectivity index (χ3v) is 6.01. The van der Waals surface area contributed by atoms with Crippen molar-refractivity contribution >= 4 is 39.8 Å². The van der Waals surface area contributed by atoms with E-state index in [1.165, 1.54) is 18.4 Å². The summed E-state index contributed by atoms with van der Waals surface area (Å²) < 4.78 is 10.7. The number of hydrogen-bond donors (Lipinski definition) is 1. The van der Waals surface area contributed by atoms with E-state index >= 15 is 0 Å². The average molecular weight is 408 g/mol. The van der Waals surface area contributed by atoms with Crippen LogP contribution in [0.15, 0.2) is 24.3 Å². The Kier molecular flexibility index (Phi) is 6.39. The molecule has 1 aliphatic rings. The van der Waals surface area contributed by atoms with E-state index in [4.69, 9.17) is 21.1 Å². The lowest BCUT2D eigenvalue weighted by Crippen LogP contribution is -2.32. The zero-order valence-electron chi connectivity index (χ0n) is 15.3. The summed E-state index contributed by atoms with van der Waals surface area (Å²) in [7, 11) is 1.36. The number of halogens is 1. The first-order valence-corrected chi connectivity index (χ1v) is 10.2. The van der Waals surface area contributed by atoms with Gasteiger partial charge in [-0.15, -0.1) is 11.3 Å². The van der Waals surface area contributed by atoms with Gasteiger partial charge in [-0.25, -0.2) is 4.79 Å². The highest BCUT2D eigenvalue weighted by Gasteiger charge is 2.28. The van der Waals surface area contributed by atoms with E-state index in [1.807, 2.05) is 6.92 Å². The number of carbonyl (C=O) groups is 2. The summed E-state index contributed by atoms with van der Waals surface area (Å²) in [5.74, 6) is -0.118. The van der Waals surface area contributed by atoms with Crippen LogP contribution in [0.1, 0.15) is 47.0 Å². The van der Waals surface area contributed by atoms with E-state index in [9.17, 15) is 9.59 Å². The van der Waals surface area contributed by atoms with Crippen LogP contribution in [0, 0.1) is 0 Å². The SMILES string of the molecule is CC[C@@H](Oc1ccc(Cl)cc1)C(=O)Nc1sc2c(c1C(=O)OC)CCCC2. The first-order chi connectivity index (χ1) is 13.0. The van der Waals surface area contributed by atoms with Crippen LogP contribution in [-0.4, -0.2) is 25.1 Å². The molecule has 3 rings (SSSR count). The van der Waals surface area contributed by atoms with Crippen LogP contribution in [-0.2, 0) is 22.4 Å². The zero-order valence-corrected chi connectivity index (χ0v) is 16.9. The highest BCUT2D eigenvalue weighted by molar-refractivity contribution is 7.17. The molecule has 0 radical (unpaired) electrons. The summed E-state index contributed by atoms with van der Waals surface area (Å²) in [6.07, 6.45) is 3.73. The highest BCUT2D eigenvalue weighted by Crippen LogP contribution is 2.38. The van der Waals surface area contributed by atoms with Crippen molar-refractivity contribution in [3.05, 3.63) is 45.3 Å². The number of aryl methyl sites for hydroxylation is 1. The third-order valence-electron chi connectivity index (χ3n) is 4.55. The van der Waals surface area contributed by atoms with Crippen molar-refractivity contribution in [2.75, 3.05) is 12.4 Å². The molecular formula is C20H22ClNO4S. The fraction of sp³-hybridized carbons (Fsp3) is 0.400. The van der Waals surface area contributed by atoms with Gasteiger partial charge in [0.1, 0.15) is 10.8 Å². The standard InChI is InChI=1S/C20H22ClNO4S/c1-3-15(26-13-10-8-12(21)9-11-13)18(23)22-19-17(20(24)25-2)14-6-4-5-7-16(14)27-19/h8-11,15H,3-7H2,1-2H3,(H,22,23)/t15-/m1/s1. The number of ether oxygens (including phenoxy) is 2. The number of hydrogen-bond acceptors (Lipinski definition) is 5. The second kappa shape index (κ2) is 8.76. The Labute approximate surface area is 167 Å². The number of benzene rings is 1. The molecule has 0 aliphatic heterocycles. The van der Waals surface area contributed by atoms with E-state index in [-0.39, 0.29) is 5.91 Å². The quantitative estimate of drug-likeness (QED) is 0.694. The molecule has 144 valence electrons. The maximum absolute atomic E-state index is 12.8. The van der Waals surface area contributed by atoms with Crippen LogP contribution in [0.4, 0.5) is 5.00 Å². The van der Waals surface area contributed by atoms with Gasteiger partial charge in [0.15, 0.2) is 6.10 Å². The molecule has 0 unspecified atom stereocenters. The molecule has 1 N–H and O–H groups in total. The van der Waals surface area contributed by atoms with E-state index < -0.39 is 12.1 Å². The maximum Gasteiger partial charge on any atom is 0.341 e. The molecule has 27 heavy (non-hydrogen) atoms. The van der Waals surface area contributed by atoms with Gasteiger partial charge in [-0.1, -0.05) is 18.5 Å².